The Kier molecular flexibility index (Phi) is 3.64. The van der Waals surface area contributed by atoms with Crippen LogP contribution in [0.4, 0.5) is 0 Å². The lowest BCUT2D eigenvalue weighted by atomic mass is 10.2. The van der Waals surface area contributed by atoms with Crippen LogP contribution in [0.15, 0.2) is 15.8 Å². The van der Waals surface area contributed by atoms with Crippen LogP contribution < -0.4 is 16.6 Å². The van der Waals surface area contributed by atoms with Gasteiger partial charge in [-0.05, 0) is 12.5 Å². The third-order valence-corrected chi connectivity index (χ3v) is 1.76. The SMILES string of the molecule is CC(C)CNCc1c[nH]c(=O)[nH]c1=O. The minimum absolute atomic E-state index is 0.329. The third-order valence-electron chi connectivity index (χ3n) is 1.76. The topological polar surface area (TPSA) is 77.8 Å². The number of aromatic nitrogens is 2. The Hall–Kier alpha value is -1.36. The Morgan fingerprint density at radius 2 is 2.14 bits per heavy atom. The van der Waals surface area contributed by atoms with Crippen LogP contribution in [-0.2, 0) is 6.54 Å². The Morgan fingerprint density at radius 1 is 1.43 bits per heavy atom. The van der Waals surface area contributed by atoms with Gasteiger partial charge in [-0.1, -0.05) is 13.8 Å². The summed E-state index contributed by atoms with van der Waals surface area (Å²) in [6.07, 6.45) is 1.44. The molecule has 1 aromatic rings. The summed E-state index contributed by atoms with van der Waals surface area (Å²) in [5.41, 5.74) is -0.252. The monoisotopic (exact) mass is 197 g/mol. The van der Waals surface area contributed by atoms with Crippen molar-refractivity contribution in [2.75, 3.05) is 6.54 Å². The molecule has 78 valence electrons. The molecule has 0 radical (unpaired) electrons. The zero-order chi connectivity index (χ0) is 10.6. The summed E-state index contributed by atoms with van der Waals surface area (Å²) in [6, 6.07) is 0. The maximum absolute atomic E-state index is 11.2. The molecular formula is C9H15N3O2. The quantitative estimate of drug-likeness (QED) is 0.626. The highest BCUT2D eigenvalue weighted by atomic mass is 16.2. The molecular weight excluding hydrogens is 182 g/mol. The summed E-state index contributed by atoms with van der Waals surface area (Å²) >= 11 is 0. The van der Waals surface area contributed by atoms with Gasteiger partial charge in [0.25, 0.3) is 5.56 Å². The van der Waals surface area contributed by atoms with Crippen molar-refractivity contribution in [3.8, 4) is 0 Å². The molecule has 0 saturated heterocycles. The van der Waals surface area contributed by atoms with Gasteiger partial charge >= 0.3 is 5.69 Å². The van der Waals surface area contributed by atoms with Crippen LogP contribution in [0.3, 0.4) is 0 Å². The predicted molar refractivity (Wildman–Crippen MR) is 54.2 cm³/mol. The first-order valence-electron chi connectivity index (χ1n) is 4.61. The zero-order valence-electron chi connectivity index (χ0n) is 8.39. The molecule has 0 saturated carbocycles. The van der Waals surface area contributed by atoms with Gasteiger partial charge < -0.3 is 10.3 Å². The molecule has 0 unspecified atom stereocenters. The first kappa shape index (κ1) is 10.7. The van der Waals surface area contributed by atoms with Crippen LogP contribution in [0.5, 0.6) is 0 Å². The van der Waals surface area contributed by atoms with Crippen molar-refractivity contribution in [1.82, 2.24) is 15.3 Å². The van der Waals surface area contributed by atoms with E-state index in [2.05, 4.69) is 29.1 Å². The van der Waals surface area contributed by atoms with Gasteiger partial charge in [-0.2, -0.15) is 0 Å². The lowest BCUT2D eigenvalue weighted by Gasteiger charge is -2.05. The van der Waals surface area contributed by atoms with Gasteiger partial charge in [-0.25, -0.2) is 4.79 Å². The highest BCUT2D eigenvalue weighted by molar-refractivity contribution is 5.02. The first-order chi connectivity index (χ1) is 6.59. The number of H-pyrrole nitrogens is 2. The van der Waals surface area contributed by atoms with Crippen molar-refractivity contribution >= 4 is 0 Å². The summed E-state index contributed by atoms with van der Waals surface area (Å²) in [5.74, 6) is 0.539. The minimum atomic E-state index is -0.470. The first-order valence-corrected chi connectivity index (χ1v) is 4.61. The van der Waals surface area contributed by atoms with Crippen molar-refractivity contribution < 1.29 is 0 Å². The smallest absolute Gasteiger partial charge is 0.314 e. The molecule has 0 aliphatic rings. The molecule has 0 amide bonds. The molecule has 1 aromatic heterocycles. The van der Waals surface area contributed by atoms with Crippen LogP contribution in [-0.4, -0.2) is 16.5 Å². The molecule has 0 atom stereocenters. The molecule has 0 fully saturated rings. The number of nitrogens with one attached hydrogen (secondary N) is 3. The van der Waals surface area contributed by atoms with Gasteiger partial charge in [0.2, 0.25) is 0 Å². The number of aromatic amines is 2. The van der Waals surface area contributed by atoms with Crippen molar-refractivity contribution in [1.29, 1.82) is 0 Å². The van der Waals surface area contributed by atoms with Crippen molar-refractivity contribution in [3.05, 3.63) is 32.6 Å². The molecule has 5 heteroatoms. The van der Waals surface area contributed by atoms with Crippen LogP contribution >= 0.6 is 0 Å². The fourth-order valence-electron chi connectivity index (χ4n) is 1.06. The molecule has 0 bridgehead atoms. The number of rotatable bonds is 4. The standard InChI is InChI=1S/C9H15N3O2/c1-6(2)3-10-4-7-5-11-9(14)12-8(7)13/h5-6,10H,3-4H2,1-2H3,(H2,11,12,13,14). The molecule has 0 aromatic carbocycles. The van der Waals surface area contributed by atoms with E-state index < -0.39 is 5.69 Å². The van der Waals surface area contributed by atoms with Crippen LogP contribution in [0, 0.1) is 5.92 Å². The second-order valence-electron chi connectivity index (χ2n) is 3.62. The Morgan fingerprint density at radius 3 is 2.71 bits per heavy atom. The molecule has 14 heavy (non-hydrogen) atoms. The summed E-state index contributed by atoms with van der Waals surface area (Å²) in [4.78, 5) is 26.5. The van der Waals surface area contributed by atoms with Gasteiger partial charge in [0, 0.05) is 18.3 Å². The maximum Gasteiger partial charge on any atom is 0.325 e. The highest BCUT2D eigenvalue weighted by Crippen LogP contribution is 1.89. The van der Waals surface area contributed by atoms with E-state index in [4.69, 9.17) is 0 Å². The van der Waals surface area contributed by atoms with Gasteiger partial charge in [-0.15, -0.1) is 0 Å². The molecule has 1 heterocycles. The van der Waals surface area contributed by atoms with Gasteiger partial charge in [0.1, 0.15) is 0 Å². The maximum atomic E-state index is 11.2. The molecule has 0 aliphatic carbocycles. The van der Waals surface area contributed by atoms with Gasteiger partial charge in [0.15, 0.2) is 0 Å². The van der Waals surface area contributed by atoms with Gasteiger partial charge in [-0.3, -0.25) is 9.78 Å². The fraction of sp³-hybridized carbons (Fsp3) is 0.556. The van der Waals surface area contributed by atoms with Gasteiger partial charge in [0.05, 0.1) is 0 Å². The van der Waals surface area contributed by atoms with Crippen molar-refractivity contribution in [3.63, 3.8) is 0 Å². The van der Waals surface area contributed by atoms with Crippen molar-refractivity contribution in [2.24, 2.45) is 5.92 Å². The Bertz CT molecular complexity index is 392. The Balaban J connectivity index is 2.60. The average Bonchev–Trinajstić information content (AvgIpc) is 2.08. The van der Waals surface area contributed by atoms with E-state index in [9.17, 15) is 9.59 Å². The van der Waals surface area contributed by atoms with E-state index in [0.717, 1.165) is 6.54 Å². The highest BCUT2D eigenvalue weighted by Gasteiger charge is 1.99. The molecule has 5 nitrogen and oxygen atoms in total. The normalized spacial score (nSPS) is 10.8. The van der Waals surface area contributed by atoms with Crippen molar-refractivity contribution in [2.45, 2.75) is 20.4 Å². The molecule has 3 N–H and O–H groups in total. The second-order valence-corrected chi connectivity index (χ2v) is 3.62. The van der Waals surface area contributed by atoms with E-state index >= 15 is 0 Å². The van der Waals surface area contributed by atoms with Crippen LogP contribution in [0.2, 0.25) is 0 Å². The summed E-state index contributed by atoms with van der Waals surface area (Å²) in [5, 5.41) is 3.12. The zero-order valence-corrected chi connectivity index (χ0v) is 8.39. The number of hydrogen-bond acceptors (Lipinski definition) is 3. The summed E-state index contributed by atoms with van der Waals surface area (Å²) < 4.78 is 0. The molecule has 0 aliphatic heterocycles. The molecule has 1 rings (SSSR count). The molecule has 0 spiro atoms. The summed E-state index contributed by atoms with van der Waals surface area (Å²) in [7, 11) is 0. The third kappa shape index (κ3) is 3.18. The Labute approximate surface area is 81.6 Å². The van der Waals surface area contributed by atoms with E-state index in [0.29, 0.717) is 18.0 Å². The predicted octanol–water partition coefficient (Wildman–Crippen LogP) is -0.191. The second kappa shape index (κ2) is 4.76. The van der Waals surface area contributed by atoms with E-state index in [1.54, 1.807) is 0 Å². The average molecular weight is 197 g/mol. The minimum Gasteiger partial charge on any atom is -0.314 e. The lowest BCUT2D eigenvalue weighted by Crippen LogP contribution is -2.29. The van der Waals surface area contributed by atoms with E-state index in [-0.39, 0.29) is 5.56 Å². The van der Waals surface area contributed by atoms with E-state index in [1.807, 2.05) is 0 Å². The summed E-state index contributed by atoms with van der Waals surface area (Å²) in [6.45, 7) is 5.50. The fourth-order valence-corrected chi connectivity index (χ4v) is 1.06. The largest absolute Gasteiger partial charge is 0.325 e. The van der Waals surface area contributed by atoms with Crippen LogP contribution in [0.25, 0.3) is 0 Å². The van der Waals surface area contributed by atoms with E-state index in [1.165, 1.54) is 6.20 Å². The number of hydrogen-bond donors (Lipinski definition) is 3. The lowest BCUT2D eigenvalue weighted by molar-refractivity contribution is 0.550. The van der Waals surface area contributed by atoms with Crippen LogP contribution in [0.1, 0.15) is 19.4 Å².